The standard InChI is InChI=1S/C21H23NO4/c1-15(2)19(21(25)26-3)22(20(24)17-12-8-5-9-13-17)14-18(23)16-10-6-4-7-11-16/h4-13,15,19H,14H2,1-3H3. The third-order valence-electron chi connectivity index (χ3n) is 4.10. The summed E-state index contributed by atoms with van der Waals surface area (Å²) in [5, 5.41) is 0. The van der Waals surface area contributed by atoms with Gasteiger partial charge in [-0.05, 0) is 18.1 Å². The lowest BCUT2D eigenvalue weighted by molar-refractivity contribution is -0.147. The van der Waals surface area contributed by atoms with Crippen molar-refractivity contribution < 1.29 is 19.1 Å². The number of benzene rings is 2. The molecule has 1 unspecified atom stereocenters. The lowest BCUT2D eigenvalue weighted by Crippen LogP contribution is -2.50. The van der Waals surface area contributed by atoms with E-state index in [-0.39, 0.29) is 24.2 Å². The fourth-order valence-electron chi connectivity index (χ4n) is 2.79. The fourth-order valence-corrected chi connectivity index (χ4v) is 2.79. The zero-order chi connectivity index (χ0) is 19.1. The number of rotatable bonds is 7. The van der Waals surface area contributed by atoms with E-state index in [2.05, 4.69) is 0 Å². The largest absolute Gasteiger partial charge is 0.467 e. The molecule has 1 atom stereocenters. The van der Waals surface area contributed by atoms with Gasteiger partial charge in [-0.3, -0.25) is 9.59 Å². The Labute approximate surface area is 153 Å². The van der Waals surface area contributed by atoms with Gasteiger partial charge < -0.3 is 9.64 Å². The molecule has 2 aromatic carbocycles. The number of hydrogen-bond acceptors (Lipinski definition) is 4. The van der Waals surface area contributed by atoms with Crippen LogP contribution in [0.3, 0.4) is 0 Å². The van der Waals surface area contributed by atoms with E-state index >= 15 is 0 Å². The Kier molecular flexibility index (Phi) is 6.67. The number of ether oxygens (including phenoxy) is 1. The van der Waals surface area contributed by atoms with Crippen molar-refractivity contribution >= 4 is 17.7 Å². The number of carbonyl (C=O) groups is 3. The lowest BCUT2D eigenvalue weighted by atomic mass is 10.00. The molecule has 26 heavy (non-hydrogen) atoms. The molecular weight excluding hydrogens is 330 g/mol. The van der Waals surface area contributed by atoms with E-state index in [9.17, 15) is 14.4 Å². The third-order valence-corrected chi connectivity index (χ3v) is 4.10. The Balaban J connectivity index is 2.39. The van der Waals surface area contributed by atoms with Crippen molar-refractivity contribution in [1.82, 2.24) is 4.90 Å². The molecule has 1 amide bonds. The third kappa shape index (κ3) is 4.57. The van der Waals surface area contributed by atoms with E-state index in [1.54, 1.807) is 54.6 Å². The van der Waals surface area contributed by atoms with E-state index in [1.165, 1.54) is 12.0 Å². The number of Topliss-reactive ketones (excluding diaryl/α,β-unsaturated/α-hetero) is 1. The summed E-state index contributed by atoms with van der Waals surface area (Å²) >= 11 is 0. The molecule has 0 aromatic heterocycles. The first-order chi connectivity index (χ1) is 12.5. The minimum atomic E-state index is -0.847. The summed E-state index contributed by atoms with van der Waals surface area (Å²) < 4.78 is 4.88. The number of nitrogens with zero attached hydrogens (tertiary/aromatic N) is 1. The molecular formula is C21H23NO4. The molecule has 0 fully saturated rings. The molecule has 0 saturated heterocycles. The highest BCUT2D eigenvalue weighted by Gasteiger charge is 2.35. The van der Waals surface area contributed by atoms with Crippen LogP contribution in [0.25, 0.3) is 0 Å². The van der Waals surface area contributed by atoms with Crippen LogP contribution in [0, 0.1) is 5.92 Å². The molecule has 0 radical (unpaired) electrons. The van der Waals surface area contributed by atoms with E-state index in [0.29, 0.717) is 11.1 Å². The lowest BCUT2D eigenvalue weighted by Gasteiger charge is -2.32. The number of hydrogen-bond donors (Lipinski definition) is 0. The number of esters is 1. The fraction of sp³-hybridized carbons (Fsp3) is 0.286. The van der Waals surface area contributed by atoms with Gasteiger partial charge in [0.25, 0.3) is 5.91 Å². The number of carbonyl (C=O) groups excluding carboxylic acids is 3. The van der Waals surface area contributed by atoms with Gasteiger partial charge in [0.15, 0.2) is 5.78 Å². The Morgan fingerprint density at radius 3 is 1.85 bits per heavy atom. The molecule has 0 aliphatic heterocycles. The zero-order valence-electron chi connectivity index (χ0n) is 15.2. The molecule has 0 spiro atoms. The summed E-state index contributed by atoms with van der Waals surface area (Å²) in [5.74, 6) is -1.35. The highest BCUT2D eigenvalue weighted by atomic mass is 16.5. The predicted octanol–water partition coefficient (Wildman–Crippen LogP) is 3.21. The first-order valence-electron chi connectivity index (χ1n) is 8.47. The minimum Gasteiger partial charge on any atom is -0.467 e. The highest BCUT2D eigenvalue weighted by Crippen LogP contribution is 2.18. The maximum Gasteiger partial charge on any atom is 0.328 e. The number of amides is 1. The normalized spacial score (nSPS) is 11.7. The van der Waals surface area contributed by atoms with Gasteiger partial charge in [-0.15, -0.1) is 0 Å². The van der Waals surface area contributed by atoms with Crippen molar-refractivity contribution in [3.8, 4) is 0 Å². The topological polar surface area (TPSA) is 63.7 Å². The average Bonchev–Trinajstić information content (AvgIpc) is 2.67. The van der Waals surface area contributed by atoms with Crippen LogP contribution in [0.1, 0.15) is 34.6 Å². The Morgan fingerprint density at radius 1 is 0.885 bits per heavy atom. The van der Waals surface area contributed by atoms with Gasteiger partial charge in [-0.1, -0.05) is 62.4 Å². The summed E-state index contributed by atoms with van der Waals surface area (Å²) in [6, 6.07) is 16.5. The summed E-state index contributed by atoms with van der Waals surface area (Å²) in [5.41, 5.74) is 0.911. The van der Waals surface area contributed by atoms with Gasteiger partial charge in [0.1, 0.15) is 6.04 Å². The Morgan fingerprint density at radius 2 is 1.38 bits per heavy atom. The summed E-state index contributed by atoms with van der Waals surface area (Å²) in [6.45, 7) is 3.44. The van der Waals surface area contributed by atoms with E-state index in [0.717, 1.165) is 0 Å². The van der Waals surface area contributed by atoms with Gasteiger partial charge in [-0.2, -0.15) is 0 Å². The van der Waals surface area contributed by atoms with Crippen LogP contribution in [-0.2, 0) is 9.53 Å². The van der Waals surface area contributed by atoms with Crippen LogP contribution in [0.4, 0.5) is 0 Å². The predicted molar refractivity (Wildman–Crippen MR) is 98.9 cm³/mol. The van der Waals surface area contributed by atoms with Crippen LogP contribution in [0.5, 0.6) is 0 Å². The van der Waals surface area contributed by atoms with Crippen molar-refractivity contribution in [2.75, 3.05) is 13.7 Å². The maximum absolute atomic E-state index is 13.0. The van der Waals surface area contributed by atoms with Crippen molar-refractivity contribution in [1.29, 1.82) is 0 Å². The van der Waals surface area contributed by atoms with Crippen LogP contribution in [0.15, 0.2) is 60.7 Å². The molecule has 0 saturated carbocycles. The Bertz CT molecular complexity index is 756. The number of ketones is 1. The summed E-state index contributed by atoms with van der Waals surface area (Å²) in [7, 11) is 1.28. The molecule has 2 rings (SSSR count). The van der Waals surface area contributed by atoms with E-state index < -0.39 is 12.0 Å². The van der Waals surface area contributed by atoms with Gasteiger partial charge in [-0.25, -0.2) is 4.79 Å². The second-order valence-corrected chi connectivity index (χ2v) is 6.30. The van der Waals surface area contributed by atoms with E-state index in [1.807, 2.05) is 19.9 Å². The van der Waals surface area contributed by atoms with Gasteiger partial charge >= 0.3 is 5.97 Å². The second-order valence-electron chi connectivity index (χ2n) is 6.30. The number of methoxy groups -OCH3 is 1. The van der Waals surface area contributed by atoms with Crippen LogP contribution in [0.2, 0.25) is 0 Å². The first-order valence-corrected chi connectivity index (χ1v) is 8.47. The summed E-state index contributed by atoms with van der Waals surface area (Å²) in [4.78, 5) is 39.4. The Hall–Kier alpha value is -2.95. The average molecular weight is 353 g/mol. The SMILES string of the molecule is COC(=O)C(C(C)C)N(CC(=O)c1ccccc1)C(=O)c1ccccc1. The van der Waals surface area contributed by atoms with Crippen LogP contribution < -0.4 is 0 Å². The molecule has 0 heterocycles. The smallest absolute Gasteiger partial charge is 0.328 e. The van der Waals surface area contributed by atoms with Crippen LogP contribution >= 0.6 is 0 Å². The molecule has 0 N–H and O–H groups in total. The van der Waals surface area contributed by atoms with Crippen molar-refractivity contribution in [3.05, 3.63) is 71.8 Å². The molecule has 5 nitrogen and oxygen atoms in total. The molecule has 0 bridgehead atoms. The monoisotopic (exact) mass is 353 g/mol. The first kappa shape index (κ1) is 19.4. The molecule has 136 valence electrons. The van der Waals surface area contributed by atoms with Crippen molar-refractivity contribution in [2.24, 2.45) is 5.92 Å². The molecule has 2 aromatic rings. The van der Waals surface area contributed by atoms with Gasteiger partial charge in [0, 0.05) is 11.1 Å². The second kappa shape index (κ2) is 8.94. The van der Waals surface area contributed by atoms with Crippen molar-refractivity contribution in [2.45, 2.75) is 19.9 Å². The molecule has 5 heteroatoms. The zero-order valence-corrected chi connectivity index (χ0v) is 15.2. The van der Waals surface area contributed by atoms with Gasteiger partial charge in [0.05, 0.1) is 13.7 Å². The van der Waals surface area contributed by atoms with Gasteiger partial charge in [0.2, 0.25) is 0 Å². The quantitative estimate of drug-likeness (QED) is 0.566. The molecule has 0 aliphatic rings. The molecule has 0 aliphatic carbocycles. The summed E-state index contributed by atoms with van der Waals surface area (Å²) in [6.07, 6.45) is 0. The van der Waals surface area contributed by atoms with E-state index in [4.69, 9.17) is 4.74 Å². The highest BCUT2D eigenvalue weighted by molar-refractivity contribution is 6.03. The van der Waals surface area contributed by atoms with Crippen LogP contribution in [-0.4, -0.2) is 42.3 Å². The minimum absolute atomic E-state index is 0.199. The maximum atomic E-state index is 13.0. The van der Waals surface area contributed by atoms with Crippen molar-refractivity contribution in [3.63, 3.8) is 0 Å².